The molecule has 3 aromatic rings. The van der Waals surface area contributed by atoms with Crippen LogP contribution in [0, 0.1) is 0 Å². The molecule has 3 aromatic carbocycles. The van der Waals surface area contributed by atoms with Gasteiger partial charge in [0.1, 0.15) is 4.90 Å². The maximum atomic E-state index is 12.7. The van der Waals surface area contributed by atoms with Crippen molar-refractivity contribution in [2.75, 3.05) is 13.6 Å². The maximum absolute atomic E-state index is 12.7. The maximum Gasteiger partial charge on any atom is 0.244 e. The number of benzene rings is 3. The molecule has 0 bridgehead atoms. The molecule has 1 amide bonds. The normalized spacial score (nSPS) is 11.7. The van der Waals surface area contributed by atoms with Crippen molar-refractivity contribution in [2.45, 2.75) is 11.4 Å². The second-order valence-corrected chi connectivity index (χ2v) is 9.11. The van der Waals surface area contributed by atoms with Crippen molar-refractivity contribution < 1.29 is 13.2 Å². The van der Waals surface area contributed by atoms with Crippen molar-refractivity contribution in [3.63, 3.8) is 0 Å². The van der Waals surface area contributed by atoms with E-state index in [9.17, 15) is 13.2 Å². The van der Waals surface area contributed by atoms with Crippen LogP contribution in [0.15, 0.2) is 65.6 Å². The first-order chi connectivity index (χ1) is 13.3. The second kappa shape index (κ2) is 8.49. The fraction of sp³-hybridized carbons (Fsp3) is 0.150. The van der Waals surface area contributed by atoms with Crippen LogP contribution in [0.5, 0.6) is 0 Å². The Morgan fingerprint density at radius 2 is 1.75 bits per heavy atom. The summed E-state index contributed by atoms with van der Waals surface area (Å²) >= 11 is 11.9. The van der Waals surface area contributed by atoms with Crippen molar-refractivity contribution in [3.05, 3.63) is 76.3 Å². The average Bonchev–Trinajstić information content (AvgIpc) is 2.68. The van der Waals surface area contributed by atoms with Gasteiger partial charge in [-0.1, -0.05) is 65.7 Å². The standard InChI is InChI=1S/C20H18Cl2N2O3S/c1-24(28(26,27)19-11-16(21)9-10-18(19)22)13-20(25)23-12-15-7-4-6-14-5-2-3-8-17(14)15/h2-11H,12-13H2,1H3,(H,23,25). The van der Waals surface area contributed by atoms with Crippen LogP contribution in [0.1, 0.15) is 5.56 Å². The van der Waals surface area contributed by atoms with E-state index in [0.717, 1.165) is 20.6 Å². The van der Waals surface area contributed by atoms with Crippen LogP contribution in [-0.4, -0.2) is 32.2 Å². The van der Waals surface area contributed by atoms with Crippen molar-refractivity contribution in [1.29, 1.82) is 0 Å². The van der Waals surface area contributed by atoms with Crippen molar-refractivity contribution in [2.24, 2.45) is 0 Å². The molecule has 0 radical (unpaired) electrons. The van der Waals surface area contributed by atoms with E-state index in [-0.39, 0.29) is 21.5 Å². The predicted octanol–water partition coefficient (Wildman–Crippen LogP) is 4.08. The van der Waals surface area contributed by atoms with Gasteiger partial charge in [-0.3, -0.25) is 4.79 Å². The number of likely N-dealkylation sites (N-methyl/N-ethyl adjacent to an activating group) is 1. The third-order valence-electron chi connectivity index (χ3n) is 4.30. The molecule has 146 valence electrons. The molecule has 0 heterocycles. The monoisotopic (exact) mass is 436 g/mol. The van der Waals surface area contributed by atoms with E-state index < -0.39 is 15.9 Å². The molecule has 0 saturated carbocycles. The molecule has 1 N–H and O–H groups in total. The fourth-order valence-electron chi connectivity index (χ4n) is 2.83. The quantitative estimate of drug-likeness (QED) is 0.632. The van der Waals surface area contributed by atoms with Crippen molar-refractivity contribution in [3.8, 4) is 0 Å². The number of nitrogens with one attached hydrogen (secondary N) is 1. The van der Waals surface area contributed by atoms with Crippen LogP contribution in [0.4, 0.5) is 0 Å². The van der Waals surface area contributed by atoms with Gasteiger partial charge < -0.3 is 5.32 Å². The molecule has 0 spiro atoms. The number of hydrogen-bond acceptors (Lipinski definition) is 3. The van der Waals surface area contributed by atoms with Gasteiger partial charge in [-0.2, -0.15) is 4.31 Å². The highest BCUT2D eigenvalue weighted by atomic mass is 35.5. The Hall–Kier alpha value is -2.12. The molecule has 0 aliphatic rings. The molecule has 0 atom stereocenters. The Kier molecular flexibility index (Phi) is 6.25. The van der Waals surface area contributed by atoms with Crippen LogP contribution in [0.3, 0.4) is 0 Å². The number of halogens is 2. The molecule has 3 rings (SSSR count). The summed E-state index contributed by atoms with van der Waals surface area (Å²) in [6, 6.07) is 17.9. The summed E-state index contributed by atoms with van der Waals surface area (Å²) in [5, 5.41) is 5.18. The van der Waals surface area contributed by atoms with Crippen LogP contribution in [0.2, 0.25) is 10.0 Å². The summed E-state index contributed by atoms with van der Waals surface area (Å²) in [4.78, 5) is 12.2. The van der Waals surface area contributed by atoms with Crippen LogP contribution in [0.25, 0.3) is 10.8 Å². The third kappa shape index (κ3) is 4.47. The largest absolute Gasteiger partial charge is 0.351 e. The second-order valence-electron chi connectivity index (χ2n) is 6.25. The minimum Gasteiger partial charge on any atom is -0.351 e. The van der Waals surface area contributed by atoms with E-state index >= 15 is 0 Å². The molecule has 0 aliphatic heterocycles. The Morgan fingerprint density at radius 1 is 1.04 bits per heavy atom. The lowest BCUT2D eigenvalue weighted by Crippen LogP contribution is -2.38. The third-order valence-corrected chi connectivity index (χ3v) is 6.82. The van der Waals surface area contributed by atoms with Gasteiger partial charge in [-0.15, -0.1) is 0 Å². The van der Waals surface area contributed by atoms with Gasteiger partial charge in [0.15, 0.2) is 0 Å². The van der Waals surface area contributed by atoms with Crippen LogP contribution < -0.4 is 5.32 Å². The molecular formula is C20H18Cl2N2O3S. The number of sulfonamides is 1. The summed E-state index contributed by atoms with van der Waals surface area (Å²) in [5.74, 6) is -0.419. The summed E-state index contributed by atoms with van der Waals surface area (Å²) in [6.45, 7) is -0.0397. The summed E-state index contributed by atoms with van der Waals surface area (Å²) in [5.41, 5.74) is 0.954. The minimum absolute atomic E-state index is 0.0485. The first-order valence-electron chi connectivity index (χ1n) is 8.44. The average molecular weight is 437 g/mol. The van der Waals surface area contributed by atoms with Gasteiger partial charge in [0.05, 0.1) is 11.6 Å². The Bertz CT molecular complexity index is 1130. The smallest absolute Gasteiger partial charge is 0.244 e. The number of carbonyl (C=O) groups excluding carboxylic acids is 1. The van der Waals surface area contributed by atoms with Gasteiger partial charge in [0.25, 0.3) is 0 Å². The Labute approximate surface area is 173 Å². The number of hydrogen-bond donors (Lipinski definition) is 1. The lowest BCUT2D eigenvalue weighted by Gasteiger charge is -2.18. The highest BCUT2D eigenvalue weighted by Gasteiger charge is 2.25. The first-order valence-corrected chi connectivity index (χ1v) is 10.6. The molecule has 8 heteroatoms. The van der Waals surface area contributed by atoms with Crippen LogP contribution >= 0.6 is 23.2 Å². The number of rotatable bonds is 6. The lowest BCUT2D eigenvalue weighted by molar-refractivity contribution is -0.121. The van der Waals surface area contributed by atoms with Gasteiger partial charge >= 0.3 is 0 Å². The summed E-state index contributed by atoms with van der Waals surface area (Å²) < 4.78 is 26.3. The lowest BCUT2D eigenvalue weighted by atomic mass is 10.0. The highest BCUT2D eigenvalue weighted by molar-refractivity contribution is 7.89. The zero-order valence-electron chi connectivity index (χ0n) is 15.0. The van der Waals surface area contributed by atoms with Gasteiger partial charge in [-0.05, 0) is 34.5 Å². The SMILES string of the molecule is CN(CC(=O)NCc1cccc2ccccc12)S(=O)(=O)c1cc(Cl)ccc1Cl. The van der Waals surface area contributed by atoms with E-state index in [0.29, 0.717) is 6.54 Å². The van der Waals surface area contributed by atoms with E-state index in [1.807, 2.05) is 42.5 Å². The van der Waals surface area contributed by atoms with Gasteiger partial charge in [0, 0.05) is 18.6 Å². The molecular weight excluding hydrogens is 419 g/mol. The Balaban J connectivity index is 1.69. The minimum atomic E-state index is -3.95. The highest BCUT2D eigenvalue weighted by Crippen LogP contribution is 2.27. The number of fused-ring (bicyclic) bond motifs is 1. The fourth-order valence-corrected chi connectivity index (χ4v) is 4.69. The zero-order chi connectivity index (χ0) is 20.3. The van der Waals surface area contributed by atoms with E-state index in [2.05, 4.69) is 5.32 Å². The molecule has 0 aliphatic carbocycles. The number of carbonyl (C=O) groups is 1. The molecule has 0 unspecified atom stereocenters. The number of amides is 1. The predicted molar refractivity (Wildman–Crippen MR) is 112 cm³/mol. The van der Waals surface area contributed by atoms with E-state index in [4.69, 9.17) is 23.2 Å². The van der Waals surface area contributed by atoms with Gasteiger partial charge in [0.2, 0.25) is 15.9 Å². The molecule has 5 nitrogen and oxygen atoms in total. The zero-order valence-corrected chi connectivity index (χ0v) is 17.4. The van der Waals surface area contributed by atoms with Gasteiger partial charge in [-0.25, -0.2) is 8.42 Å². The molecule has 0 saturated heterocycles. The summed E-state index contributed by atoms with van der Waals surface area (Å²) in [6.07, 6.45) is 0. The van der Waals surface area contributed by atoms with Crippen LogP contribution in [-0.2, 0) is 21.4 Å². The topological polar surface area (TPSA) is 66.5 Å². The Morgan fingerprint density at radius 3 is 2.54 bits per heavy atom. The molecule has 28 heavy (non-hydrogen) atoms. The van der Waals surface area contributed by atoms with E-state index in [1.54, 1.807) is 0 Å². The molecule has 0 fully saturated rings. The van der Waals surface area contributed by atoms with Crippen molar-refractivity contribution >= 4 is 49.9 Å². The first kappa shape index (κ1) is 20.6. The molecule has 0 aromatic heterocycles. The van der Waals surface area contributed by atoms with Crippen molar-refractivity contribution in [1.82, 2.24) is 9.62 Å². The number of nitrogens with zero attached hydrogens (tertiary/aromatic N) is 1. The summed E-state index contributed by atoms with van der Waals surface area (Å²) in [7, 11) is -2.63. The van der Waals surface area contributed by atoms with E-state index in [1.165, 1.54) is 25.2 Å².